The van der Waals surface area contributed by atoms with Gasteiger partial charge in [0.1, 0.15) is 10.0 Å². The van der Waals surface area contributed by atoms with Gasteiger partial charge in [0.2, 0.25) is 5.75 Å². The van der Waals surface area contributed by atoms with Crippen molar-refractivity contribution < 1.29 is 14.2 Å². The van der Waals surface area contributed by atoms with Crippen molar-refractivity contribution in [2.45, 2.75) is 0 Å². The zero-order valence-electron chi connectivity index (χ0n) is 12.9. The highest BCUT2D eigenvalue weighted by Crippen LogP contribution is 2.42. The summed E-state index contributed by atoms with van der Waals surface area (Å²) in [6, 6.07) is 7.52. The molecule has 0 amide bonds. The molecule has 0 aliphatic rings. The third-order valence-corrected chi connectivity index (χ3v) is 4.29. The number of ether oxygens (including phenoxy) is 3. The molecular formula is C16H15N3O3S. The van der Waals surface area contributed by atoms with Crippen LogP contribution >= 0.6 is 11.3 Å². The molecule has 7 heteroatoms. The zero-order valence-corrected chi connectivity index (χ0v) is 13.8. The molecule has 0 radical (unpaired) electrons. The number of methoxy groups -OCH3 is 3. The Hall–Kier alpha value is -2.67. The molecule has 0 bridgehead atoms. The number of hydrogen-bond donors (Lipinski definition) is 0. The van der Waals surface area contributed by atoms with E-state index in [1.54, 1.807) is 33.7 Å². The maximum atomic E-state index is 5.38. The van der Waals surface area contributed by atoms with Crippen LogP contribution in [-0.2, 0) is 0 Å². The van der Waals surface area contributed by atoms with Gasteiger partial charge >= 0.3 is 0 Å². The van der Waals surface area contributed by atoms with Crippen molar-refractivity contribution >= 4 is 11.3 Å². The van der Waals surface area contributed by atoms with E-state index < -0.39 is 0 Å². The van der Waals surface area contributed by atoms with Crippen LogP contribution in [0.5, 0.6) is 17.2 Å². The molecule has 2 aromatic heterocycles. The van der Waals surface area contributed by atoms with Gasteiger partial charge in [-0.2, -0.15) is 0 Å². The molecule has 0 spiro atoms. The maximum Gasteiger partial charge on any atom is 0.203 e. The summed E-state index contributed by atoms with van der Waals surface area (Å²) in [5, 5.41) is 10.1. The molecule has 3 aromatic rings. The fraction of sp³-hybridized carbons (Fsp3) is 0.188. The first-order valence-electron chi connectivity index (χ1n) is 6.81. The van der Waals surface area contributed by atoms with Crippen LogP contribution in [0.1, 0.15) is 0 Å². The van der Waals surface area contributed by atoms with Gasteiger partial charge in [0.25, 0.3) is 0 Å². The lowest BCUT2D eigenvalue weighted by Crippen LogP contribution is -1.95. The highest BCUT2D eigenvalue weighted by molar-refractivity contribution is 7.17. The topological polar surface area (TPSA) is 66.4 Å². The van der Waals surface area contributed by atoms with Crippen LogP contribution in [0.2, 0.25) is 0 Å². The molecule has 0 N–H and O–H groups in total. The average Bonchev–Trinajstić information content (AvgIpc) is 3.11. The van der Waals surface area contributed by atoms with Crippen LogP contribution in [0, 0.1) is 0 Å². The third-order valence-electron chi connectivity index (χ3n) is 3.26. The lowest BCUT2D eigenvalue weighted by Gasteiger charge is -2.13. The largest absolute Gasteiger partial charge is 0.493 e. The Morgan fingerprint density at radius 2 is 1.35 bits per heavy atom. The first kappa shape index (κ1) is 15.2. The van der Waals surface area contributed by atoms with Crippen LogP contribution in [-0.4, -0.2) is 36.5 Å². The molecule has 118 valence electrons. The second-order valence-electron chi connectivity index (χ2n) is 4.56. The molecule has 1 aromatic carbocycles. The Morgan fingerprint density at radius 1 is 0.783 bits per heavy atom. The lowest BCUT2D eigenvalue weighted by molar-refractivity contribution is 0.324. The number of pyridine rings is 1. The predicted octanol–water partition coefficient (Wildman–Crippen LogP) is 3.29. The fourth-order valence-corrected chi connectivity index (χ4v) is 2.99. The molecular weight excluding hydrogens is 314 g/mol. The van der Waals surface area contributed by atoms with Crippen LogP contribution in [0.3, 0.4) is 0 Å². The minimum atomic E-state index is 0.553. The van der Waals surface area contributed by atoms with Crippen molar-refractivity contribution in [1.82, 2.24) is 15.2 Å². The minimum absolute atomic E-state index is 0.553. The molecule has 6 nitrogen and oxygen atoms in total. The van der Waals surface area contributed by atoms with Crippen molar-refractivity contribution in [3.05, 3.63) is 36.7 Å². The SMILES string of the molecule is COc1cc(-c2nnc(-c3ccncc3)s2)cc(OC)c1OC. The zero-order chi connectivity index (χ0) is 16.2. The summed E-state index contributed by atoms with van der Waals surface area (Å²) >= 11 is 1.49. The minimum Gasteiger partial charge on any atom is -0.493 e. The van der Waals surface area contributed by atoms with Gasteiger partial charge in [0, 0.05) is 23.5 Å². The van der Waals surface area contributed by atoms with Gasteiger partial charge in [-0.25, -0.2) is 0 Å². The van der Waals surface area contributed by atoms with Crippen molar-refractivity contribution in [1.29, 1.82) is 0 Å². The van der Waals surface area contributed by atoms with E-state index >= 15 is 0 Å². The van der Waals surface area contributed by atoms with E-state index in [0.717, 1.165) is 21.1 Å². The Morgan fingerprint density at radius 3 is 1.87 bits per heavy atom. The second kappa shape index (κ2) is 6.62. The van der Waals surface area contributed by atoms with Crippen molar-refractivity contribution in [2.24, 2.45) is 0 Å². The first-order chi connectivity index (χ1) is 11.3. The fourth-order valence-electron chi connectivity index (χ4n) is 2.16. The summed E-state index contributed by atoms with van der Waals surface area (Å²) in [5.74, 6) is 1.72. The highest BCUT2D eigenvalue weighted by Gasteiger charge is 2.16. The van der Waals surface area contributed by atoms with Gasteiger partial charge in [-0.05, 0) is 24.3 Å². The van der Waals surface area contributed by atoms with Gasteiger partial charge in [-0.15, -0.1) is 10.2 Å². The molecule has 23 heavy (non-hydrogen) atoms. The Labute approximate surface area is 137 Å². The van der Waals surface area contributed by atoms with Crippen molar-refractivity contribution in [2.75, 3.05) is 21.3 Å². The van der Waals surface area contributed by atoms with Gasteiger partial charge in [-0.3, -0.25) is 4.98 Å². The molecule has 0 aliphatic heterocycles. The molecule has 0 fully saturated rings. The van der Waals surface area contributed by atoms with Gasteiger partial charge < -0.3 is 14.2 Å². The Kier molecular flexibility index (Phi) is 4.38. The summed E-state index contributed by atoms with van der Waals surface area (Å²) in [6.45, 7) is 0. The summed E-state index contributed by atoms with van der Waals surface area (Å²) in [6.07, 6.45) is 3.46. The maximum absolute atomic E-state index is 5.38. The molecule has 0 saturated carbocycles. The summed E-state index contributed by atoms with van der Waals surface area (Å²) in [7, 11) is 4.75. The van der Waals surface area contributed by atoms with Crippen LogP contribution < -0.4 is 14.2 Å². The van der Waals surface area contributed by atoms with E-state index in [1.807, 2.05) is 24.3 Å². The van der Waals surface area contributed by atoms with Crippen molar-refractivity contribution in [3.63, 3.8) is 0 Å². The van der Waals surface area contributed by atoms with Crippen molar-refractivity contribution in [3.8, 4) is 38.4 Å². The number of aromatic nitrogens is 3. The smallest absolute Gasteiger partial charge is 0.203 e. The highest BCUT2D eigenvalue weighted by atomic mass is 32.1. The third kappa shape index (κ3) is 2.95. The molecule has 2 heterocycles. The lowest BCUT2D eigenvalue weighted by atomic mass is 10.2. The summed E-state index contributed by atoms with van der Waals surface area (Å²) < 4.78 is 16.1. The standard InChI is InChI=1S/C16H15N3O3S/c1-20-12-8-11(9-13(21-2)14(12)22-3)16-19-18-15(23-16)10-4-6-17-7-5-10/h4-9H,1-3H3. The molecule has 0 atom stereocenters. The molecule has 0 aliphatic carbocycles. The Balaban J connectivity index is 2.04. The Bertz CT molecular complexity index is 780. The molecule has 0 saturated heterocycles. The van der Waals surface area contributed by atoms with E-state index in [4.69, 9.17) is 14.2 Å². The van der Waals surface area contributed by atoms with E-state index in [9.17, 15) is 0 Å². The number of benzene rings is 1. The van der Waals surface area contributed by atoms with E-state index in [-0.39, 0.29) is 0 Å². The van der Waals surface area contributed by atoms with Gasteiger partial charge in [0.15, 0.2) is 11.5 Å². The van der Waals surface area contributed by atoms with E-state index in [0.29, 0.717) is 17.2 Å². The van der Waals surface area contributed by atoms with E-state index in [1.165, 1.54) is 11.3 Å². The average molecular weight is 329 g/mol. The second-order valence-corrected chi connectivity index (χ2v) is 5.54. The number of nitrogens with zero attached hydrogens (tertiary/aromatic N) is 3. The summed E-state index contributed by atoms with van der Waals surface area (Å²) in [5.41, 5.74) is 1.84. The first-order valence-corrected chi connectivity index (χ1v) is 7.62. The van der Waals surface area contributed by atoms with Crippen LogP contribution in [0.15, 0.2) is 36.7 Å². The quantitative estimate of drug-likeness (QED) is 0.715. The molecule has 3 rings (SSSR count). The van der Waals surface area contributed by atoms with Gasteiger partial charge in [-0.1, -0.05) is 11.3 Å². The number of rotatable bonds is 5. The monoisotopic (exact) mass is 329 g/mol. The van der Waals surface area contributed by atoms with Gasteiger partial charge in [0.05, 0.1) is 21.3 Å². The predicted molar refractivity (Wildman–Crippen MR) is 88.2 cm³/mol. The summed E-state index contributed by atoms with van der Waals surface area (Å²) in [4.78, 5) is 4.01. The van der Waals surface area contributed by atoms with Crippen LogP contribution in [0.25, 0.3) is 21.1 Å². The number of hydrogen-bond acceptors (Lipinski definition) is 7. The van der Waals surface area contributed by atoms with E-state index in [2.05, 4.69) is 15.2 Å². The molecule has 0 unspecified atom stereocenters. The van der Waals surface area contributed by atoms with Crippen LogP contribution in [0.4, 0.5) is 0 Å². The normalized spacial score (nSPS) is 10.4.